The number of rotatable bonds is 5. The molecule has 1 fully saturated rings. The number of carbonyl (C=O) groups excluding carboxylic acids is 1. The fourth-order valence-corrected chi connectivity index (χ4v) is 2.53. The minimum atomic E-state index is -0.613. The van der Waals surface area contributed by atoms with E-state index < -0.39 is 5.54 Å². The van der Waals surface area contributed by atoms with Gasteiger partial charge in [-0.2, -0.15) is 0 Å². The van der Waals surface area contributed by atoms with Crippen LogP contribution in [-0.2, 0) is 4.79 Å². The summed E-state index contributed by atoms with van der Waals surface area (Å²) in [6.07, 6.45) is 1.58. The molecule has 2 aromatic carbocycles. The Kier molecular flexibility index (Phi) is 5.22. The summed E-state index contributed by atoms with van der Waals surface area (Å²) in [6.45, 7) is 0.575. The van der Waals surface area contributed by atoms with Gasteiger partial charge in [0.1, 0.15) is 0 Å². The molecule has 4 heteroatoms. The number of amides is 1. The maximum absolute atomic E-state index is 12.1. The zero-order valence-electron chi connectivity index (χ0n) is 12.4. The highest BCUT2D eigenvalue weighted by Gasteiger charge is 2.45. The van der Waals surface area contributed by atoms with Crippen LogP contribution in [0.3, 0.4) is 0 Å². The van der Waals surface area contributed by atoms with Gasteiger partial charge in [0.15, 0.2) is 0 Å². The lowest BCUT2D eigenvalue weighted by Crippen LogP contribution is -2.44. The molecule has 1 amide bonds. The van der Waals surface area contributed by atoms with Crippen LogP contribution >= 0.6 is 12.4 Å². The fraction of sp³-hybridized carbons (Fsp3) is 0.278. The van der Waals surface area contributed by atoms with Gasteiger partial charge in [0.05, 0.1) is 5.54 Å². The van der Waals surface area contributed by atoms with Crippen molar-refractivity contribution in [3.63, 3.8) is 0 Å². The van der Waals surface area contributed by atoms with Crippen molar-refractivity contribution < 1.29 is 4.79 Å². The molecule has 1 saturated carbocycles. The first-order valence-corrected chi connectivity index (χ1v) is 7.36. The molecule has 3 N–H and O–H groups in total. The third kappa shape index (κ3) is 3.67. The number of halogens is 1. The molecule has 1 aliphatic rings. The molecule has 0 bridgehead atoms. The zero-order valence-corrected chi connectivity index (χ0v) is 13.2. The average Bonchev–Trinajstić information content (AvgIpc) is 3.29. The first-order valence-electron chi connectivity index (χ1n) is 7.36. The molecule has 2 aromatic rings. The van der Waals surface area contributed by atoms with E-state index in [1.165, 1.54) is 11.1 Å². The van der Waals surface area contributed by atoms with Gasteiger partial charge in [0, 0.05) is 12.5 Å². The van der Waals surface area contributed by atoms with Crippen molar-refractivity contribution >= 4 is 18.3 Å². The Balaban J connectivity index is 0.00000176. The van der Waals surface area contributed by atoms with Crippen LogP contribution in [0.15, 0.2) is 60.7 Å². The highest BCUT2D eigenvalue weighted by Crippen LogP contribution is 2.32. The lowest BCUT2D eigenvalue weighted by molar-refractivity contribution is -0.123. The van der Waals surface area contributed by atoms with Crippen molar-refractivity contribution in [2.24, 2.45) is 5.73 Å². The minimum absolute atomic E-state index is 0. The second-order valence-corrected chi connectivity index (χ2v) is 5.74. The summed E-state index contributed by atoms with van der Waals surface area (Å²) >= 11 is 0. The summed E-state index contributed by atoms with van der Waals surface area (Å²) in [5.41, 5.74) is 7.73. The first-order chi connectivity index (χ1) is 10.2. The quantitative estimate of drug-likeness (QED) is 0.891. The SMILES string of the molecule is Cl.NC1(C(=O)NCC(c2ccccc2)c2ccccc2)CC1. The Morgan fingerprint density at radius 1 is 1.00 bits per heavy atom. The van der Waals surface area contributed by atoms with E-state index in [1.807, 2.05) is 36.4 Å². The normalized spacial score (nSPS) is 15.0. The van der Waals surface area contributed by atoms with Gasteiger partial charge < -0.3 is 11.1 Å². The molecule has 0 aromatic heterocycles. The summed E-state index contributed by atoms with van der Waals surface area (Å²) in [7, 11) is 0. The molecule has 0 radical (unpaired) electrons. The van der Waals surface area contributed by atoms with Gasteiger partial charge in [0.2, 0.25) is 5.91 Å². The standard InChI is InChI=1S/C18H20N2O.ClH/c19-18(11-12-18)17(21)20-13-16(14-7-3-1-4-8-14)15-9-5-2-6-10-15;/h1-10,16H,11-13,19H2,(H,20,21);1H. The van der Waals surface area contributed by atoms with E-state index in [0.717, 1.165) is 12.8 Å². The maximum atomic E-state index is 12.1. The number of carbonyl (C=O) groups is 1. The zero-order chi connectivity index (χ0) is 14.7. The Hall–Kier alpha value is -1.84. The predicted molar refractivity (Wildman–Crippen MR) is 91.1 cm³/mol. The first kappa shape index (κ1) is 16.5. The van der Waals surface area contributed by atoms with E-state index in [-0.39, 0.29) is 24.2 Å². The van der Waals surface area contributed by atoms with Crippen molar-refractivity contribution in [3.05, 3.63) is 71.8 Å². The van der Waals surface area contributed by atoms with Crippen LogP contribution in [-0.4, -0.2) is 18.0 Å². The van der Waals surface area contributed by atoms with Crippen molar-refractivity contribution in [2.75, 3.05) is 6.54 Å². The third-order valence-electron chi connectivity index (χ3n) is 4.11. The Labute approximate surface area is 137 Å². The van der Waals surface area contributed by atoms with Crippen molar-refractivity contribution in [3.8, 4) is 0 Å². The number of nitrogens with one attached hydrogen (secondary N) is 1. The van der Waals surface area contributed by atoms with E-state index in [2.05, 4.69) is 29.6 Å². The largest absolute Gasteiger partial charge is 0.354 e. The van der Waals surface area contributed by atoms with Crippen LogP contribution in [0.25, 0.3) is 0 Å². The maximum Gasteiger partial charge on any atom is 0.240 e. The molecule has 3 rings (SSSR count). The molecular weight excluding hydrogens is 296 g/mol. The van der Waals surface area contributed by atoms with E-state index in [1.54, 1.807) is 0 Å². The van der Waals surface area contributed by atoms with E-state index in [0.29, 0.717) is 6.54 Å². The summed E-state index contributed by atoms with van der Waals surface area (Å²) in [5.74, 6) is 0.123. The Bertz CT molecular complexity index is 572. The topological polar surface area (TPSA) is 55.1 Å². The molecule has 0 aliphatic heterocycles. The van der Waals surface area contributed by atoms with E-state index in [4.69, 9.17) is 5.73 Å². The number of benzene rings is 2. The molecule has 0 atom stereocenters. The van der Waals surface area contributed by atoms with Crippen LogP contribution in [0, 0.1) is 0 Å². The van der Waals surface area contributed by atoms with Gasteiger partial charge in [-0.1, -0.05) is 60.7 Å². The number of hydrogen-bond donors (Lipinski definition) is 2. The highest BCUT2D eigenvalue weighted by molar-refractivity contribution is 5.89. The molecule has 0 unspecified atom stereocenters. The molecule has 0 spiro atoms. The summed E-state index contributed by atoms with van der Waals surface area (Å²) in [4.78, 5) is 12.1. The van der Waals surface area contributed by atoms with Crippen LogP contribution < -0.4 is 11.1 Å². The molecular formula is C18H21ClN2O. The minimum Gasteiger partial charge on any atom is -0.354 e. The van der Waals surface area contributed by atoms with E-state index >= 15 is 0 Å². The van der Waals surface area contributed by atoms with Crippen LogP contribution in [0.4, 0.5) is 0 Å². The van der Waals surface area contributed by atoms with E-state index in [9.17, 15) is 4.79 Å². The monoisotopic (exact) mass is 316 g/mol. The highest BCUT2D eigenvalue weighted by atomic mass is 35.5. The molecule has 0 saturated heterocycles. The van der Waals surface area contributed by atoms with Crippen molar-refractivity contribution in [1.82, 2.24) is 5.32 Å². The van der Waals surface area contributed by atoms with Gasteiger partial charge in [-0.25, -0.2) is 0 Å². The summed E-state index contributed by atoms with van der Waals surface area (Å²) in [5, 5.41) is 3.02. The van der Waals surface area contributed by atoms with Crippen LogP contribution in [0.2, 0.25) is 0 Å². The molecule has 1 aliphatic carbocycles. The molecule has 0 heterocycles. The lowest BCUT2D eigenvalue weighted by Gasteiger charge is -2.20. The fourth-order valence-electron chi connectivity index (χ4n) is 2.53. The van der Waals surface area contributed by atoms with Gasteiger partial charge in [-0.15, -0.1) is 12.4 Å². The summed E-state index contributed by atoms with van der Waals surface area (Å²) in [6, 6.07) is 20.5. The van der Waals surface area contributed by atoms with Gasteiger partial charge >= 0.3 is 0 Å². The second kappa shape index (κ2) is 6.95. The average molecular weight is 317 g/mol. The molecule has 116 valence electrons. The number of hydrogen-bond acceptors (Lipinski definition) is 2. The van der Waals surface area contributed by atoms with Crippen molar-refractivity contribution in [2.45, 2.75) is 24.3 Å². The van der Waals surface area contributed by atoms with Gasteiger partial charge in [0.25, 0.3) is 0 Å². The summed E-state index contributed by atoms with van der Waals surface area (Å²) < 4.78 is 0. The molecule has 22 heavy (non-hydrogen) atoms. The van der Waals surface area contributed by atoms with Crippen molar-refractivity contribution in [1.29, 1.82) is 0 Å². The Morgan fingerprint density at radius 3 is 1.86 bits per heavy atom. The van der Waals surface area contributed by atoms with Gasteiger partial charge in [-0.3, -0.25) is 4.79 Å². The third-order valence-corrected chi connectivity index (χ3v) is 4.11. The smallest absolute Gasteiger partial charge is 0.240 e. The van der Waals surface area contributed by atoms with Gasteiger partial charge in [-0.05, 0) is 24.0 Å². The Morgan fingerprint density at radius 2 is 1.45 bits per heavy atom. The lowest BCUT2D eigenvalue weighted by atomic mass is 9.91. The number of nitrogens with two attached hydrogens (primary N) is 1. The van der Waals surface area contributed by atoms with Crippen LogP contribution in [0.5, 0.6) is 0 Å². The molecule has 3 nitrogen and oxygen atoms in total. The predicted octanol–water partition coefficient (Wildman–Crippen LogP) is 2.85. The van der Waals surface area contributed by atoms with Crippen LogP contribution in [0.1, 0.15) is 29.9 Å². The second-order valence-electron chi connectivity index (χ2n) is 5.74.